The average molecular weight is 308 g/mol. The van der Waals surface area contributed by atoms with Crippen molar-refractivity contribution in [3.63, 3.8) is 0 Å². The van der Waals surface area contributed by atoms with Crippen LogP contribution in [-0.2, 0) is 4.79 Å². The number of ether oxygens (including phenoxy) is 1. The second-order valence-electron chi connectivity index (χ2n) is 5.36. The van der Waals surface area contributed by atoms with E-state index in [4.69, 9.17) is 4.74 Å². The maximum atomic E-state index is 12.1. The molecule has 0 heterocycles. The Morgan fingerprint density at radius 1 is 1.19 bits per heavy atom. The summed E-state index contributed by atoms with van der Waals surface area (Å²) in [5.74, 6) is 0.0796. The smallest absolute Gasteiger partial charge is 0.279 e. The van der Waals surface area contributed by atoms with Gasteiger partial charge in [0.1, 0.15) is 5.75 Å². The number of carbonyl (C=O) groups is 2. The fraction of sp³-hybridized carbons (Fsp3) is 0.400. The third-order valence-corrected chi connectivity index (χ3v) is 3.22. The Labute approximate surface area is 129 Å². The van der Waals surface area contributed by atoms with E-state index in [0.717, 1.165) is 0 Å². The summed E-state index contributed by atoms with van der Waals surface area (Å²) in [7, 11) is 1.56. The Bertz CT molecular complexity index is 545. The van der Waals surface area contributed by atoms with Crippen LogP contribution in [0.2, 0.25) is 0 Å². The van der Waals surface area contributed by atoms with Gasteiger partial charge in [-0.25, -0.2) is 0 Å². The lowest BCUT2D eigenvalue weighted by Crippen LogP contribution is -2.38. The zero-order chi connectivity index (χ0) is 16.0. The first kappa shape index (κ1) is 17.2. The monoisotopic (exact) mass is 308 g/mol. The van der Waals surface area contributed by atoms with Crippen LogP contribution in [0.25, 0.3) is 0 Å². The molecule has 0 aliphatic heterocycles. The van der Waals surface area contributed by atoms with Crippen molar-refractivity contribution in [2.24, 2.45) is 10.4 Å². The normalized spacial score (nSPS) is 12.0. The van der Waals surface area contributed by atoms with Crippen molar-refractivity contribution in [3.8, 4) is 5.75 Å². The van der Waals surface area contributed by atoms with Crippen LogP contribution in [0.5, 0.6) is 5.75 Å². The summed E-state index contributed by atoms with van der Waals surface area (Å²) in [6, 6.07) is 6.65. The molecule has 1 N–H and O–H groups in total. The highest BCUT2D eigenvalue weighted by molar-refractivity contribution is 8.13. The molecule has 0 aromatic heterocycles. The first-order valence-electron chi connectivity index (χ1n) is 6.40. The van der Waals surface area contributed by atoms with E-state index < -0.39 is 11.3 Å². The van der Waals surface area contributed by atoms with Crippen LogP contribution >= 0.6 is 11.8 Å². The Kier molecular flexibility index (Phi) is 5.96. The van der Waals surface area contributed by atoms with E-state index in [2.05, 4.69) is 10.3 Å². The standard InChI is InChI=1S/C15H20N2O3S/c1-15(2,3)13(19)17-14(21-5)16-12(18)10-6-8-11(20-4)9-7-10/h6-9H,1-5H3,(H,16,17,18,19). The first-order valence-corrected chi connectivity index (χ1v) is 7.63. The van der Waals surface area contributed by atoms with E-state index in [1.54, 1.807) is 58.4 Å². The van der Waals surface area contributed by atoms with E-state index in [0.29, 0.717) is 11.3 Å². The fourth-order valence-electron chi connectivity index (χ4n) is 1.30. The van der Waals surface area contributed by atoms with Crippen molar-refractivity contribution >= 4 is 28.7 Å². The predicted molar refractivity (Wildman–Crippen MR) is 85.9 cm³/mol. The molecule has 0 fully saturated rings. The number of thioether (sulfide) groups is 1. The summed E-state index contributed by atoms with van der Waals surface area (Å²) in [5.41, 5.74) is -0.105. The zero-order valence-corrected chi connectivity index (χ0v) is 13.7. The van der Waals surface area contributed by atoms with Crippen LogP contribution < -0.4 is 10.1 Å². The third-order valence-electron chi connectivity index (χ3n) is 2.64. The van der Waals surface area contributed by atoms with Crippen LogP contribution in [0.3, 0.4) is 0 Å². The van der Waals surface area contributed by atoms with Gasteiger partial charge in [0, 0.05) is 11.0 Å². The molecule has 1 aromatic carbocycles. The van der Waals surface area contributed by atoms with Gasteiger partial charge < -0.3 is 10.1 Å². The maximum absolute atomic E-state index is 12.1. The molecular weight excluding hydrogens is 288 g/mol. The molecule has 0 aliphatic rings. The van der Waals surface area contributed by atoms with Gasteiger partial charge >= 0.3 is 0 Å². The van der Waals surface area contributed by atoms with E-state index in [1.165, 1.54) is 11.8 Å². The number of rotatable bonds is 2. The SMILES string of the molecule is COc1ccc(C(=O)N=C(NC(=O)C(C)(C)C)SC)cc1. The number of carbonyl (C=O) groups excluding carboxylic acids is 2. The molecule has 0 spiro atoms. The number of hydrogen-bond acceptors (Lipinski definition) is 4. The molecule has 6 heteroatoms. The van der Waals surface area contributed by atoms with E-state index >= 15 is 0 Å². The molecule has 5 nitrogen and oxygen atoms in total. The molecule has 0 saturated heterocycles. The van der Waals surface area contributed by atoms with Crippen molar-refractivity contribution in [2.75, 3.05) is 13.4 Å². The van der Waals surface area contributed by atoms with Gasteiger partial charge in [0.05, 0.1) is 7.11 Å². The van der Waals surface area contributed by atoms with Crippen molar-refractivity contribution < 1.29 is 14.3 Å². The van der Waals surface area contributed by atoms with Crippen LogP contribution in [0.4, 0.5) is 0 Å². The molecule has 2 amide bonds. The molecule has 114 valence electrons. The summed E-state index contributed by atoms with van der Waals surface area (Å²) >= 11 is 1.22. The number of nitrogens with zero attached hydrogens (tertiary/aromatic N) is 1. The number of hydrogen-bond donors (Lipinski definition) is 1. The van der Waals surface area contributed by atoms with Crippen LogP contribution in [0, 0.1) is 5.41 Å². The molecule has 1 rings (SSSR count). The first-order chi connectivity index (χ1) is 9.77. The number of benzene rings is 1. The van der Waals surface area contributed by atoms with Gasteiger partial charge in [-0.3, -0.25) is 9.59 Å². The van der Waals surface area contributed by atoms with Crippen LogP contribution in [-0.4, -0.2) is 30.3 Å². The third kappa shape index (κ3) is 5.23. The molecular formula is C15H20N2O3S. The molecule has 0 unspecified atom stereocenters. The van der Waals surface area contributed by atoms with Gasteiger partial charge in [-0.05, 0) is 30.5 Å². The zero-order valence-electron chi connectivity index (χ0n) is 12.9. The number of nitrogens with one attached hydrogen (secondary N) is 1. The fourth-order valence-corrected chi connectivity index (χ4v) is 1.67. The molecule has 0 bridgehead atoms. The van der Waals surface area contributed by atoms with E-state index in [-0.39, 0.29) is 11.1 Å². The van der Waals surface area contributed by atoms with Crippen molar-refractivity contribution in [1.82, 2.24) is 5.32 Å². The largest absolute Gasteiger partial charge is 0.497 e. The Morgan fingerprint density at radius 3 is 2.19 bits per heavy atom. The molecule has 21 heavy (non-hydrogen) atoms. The van der Waals surface area contributed by atoms with Gasteiger partial charge in [-0.15, -0.1) is 0 Å². The predicted octanol–water partition coefficient (Wildman–Crippen LogP) is 2.72. The minimum Gasteiger partial charge on any atom is -0.497 e. The Morgan fingerprint density at radius 2 is 1.76 bits per heavy atom. The van der Waals surface area contributed by atoms with Crippen molar-refractivity contribution in [3.05, 3.63) is 29.8 Å². The highest BCUT2D eigenvalue weighted by Crippen LogP contribution is 2.15. The van der Waals surface area contributed by atoms with Gasteiger partial charge in [0.25, 0.3) is 5.91 Å². The van der Waals surface area contributed by atoms with Crippen molar-refractivity contribution in [1.29, 1.82) is 0 Å². The average Bonchev–Trinajstić information content (AvgIpc) is 2.45. The van der Waals surface area contributed by atoms with E-state index in [9.17, 15) is 9.59 Å². The number of methoxy groups -OCH3 is 1. The minimum atomic E-state index is -0.542. The lowest BCUT2D eigenvalue weighted by atomic mass is 9.96. The summed E-state index contributed by atoms with van der Waals surface area (Å²) in [6.07, 6.45) is 1.75. The van der Waals surface area contributed by atoms with Gasteiger partial charge in [-0.2, -0.15) is 4.99 Å². The summed E-state index contributed by atoms with van der Waals surface area (Å²) in [5, 5.41) is 2.95. The quantitative estimate of drug-likeness (QED) is 0.674. The molecule has 1 aromatic rings. The second-order valence-corrected chi connectivity index (χ2v) is 6.15. The van der Waals surface area contributed by atoms with Crippen molar-refractivity contribution in [2.45, 2.75) is 20.8 Å². The lowest BCUT2D eigenvalue weighted by Gasteiger charge is -2.17. The molecule has 0 radical (unpaired) electrons. The lowest BCUT2D eigenvalue weighted by molar-refractivity contribution is -0.126. The van der Waals surface area contributed by atoms with E-state index in [1.807, 2.05) is 0 Å². The Balaban J connectivity index is 2.86. The van der Waals surface area contributed by atoms with Crippen LogP contribution in [0.15, 0.2) is 29.3 Å². The molecule has 0 atom stereocenters. The highest BCUT2D eigenvalue weighted by Gasteiger charge is 2.22. The molecule has 0 saturated carbocycles. The van der Waals surface area contributed by atoms with Gasteiger partial charge in [0.2, 0.25) is 5.91 Å². The van der Waals surface area contributed by atoms with Gasteiger partial charge in [0.15, 0.2) is 5.17 Å². The van der Waals surface area contributed by atoms with Gasteiger partial charge in [-0.1, -0.05) is 32.5 Å². The summed E-state index contributed by atoms with van der Waals surface area (Å²) in [6.45, 7) is 5.39. The topological polar surface area (TPSA) is 67.8 Å². The highest BCUT2D eigenvalue weighted by atomic mass is 32.2. The number of aliphatic imine (C=N–C) groups is 1. The summed E-state index contributed by atoms with van der Waals surface area (Å²) in [4.78, 5) is 27.9. The van der Waals surface area contributed by atoms with Crippen LogP contribution in [0.1, 0.15) is 31.1 Å². The number of amidine groups is 1. The maximum Gasteiger partial charge on any atom is 0.279 e. The summed E-state index contributed by atoms with van der Waals surface area (Å²) < 4.78 is 5.03. The Hall–Kier alpha value is -1.82. The minimum absolute atomic E-state index is 0.182. The molecule has 0 aliphatic carbocycles. The second kappa shape index (κ2) is 7.26. The number of amides is 2.